The zero-order valence-electron chi connectivity index (χ0n) is 16.0. The lowest BCUT2D eigenvalue weighted by Gasteiger charge is -2.39. The molecule has 0 bridgehead atoms. The fourth-order valence-electron chi connectivity index (χ4n) is 3.71. The number of anilines is 1. The van der Waals surface area contributed by atoms with Gasteiger partial charge in [-0.3, -0.25) is 4.90 Å². The Labute approximate surface area is 164 Å². The molecule has 2 unspecified atom stereocenters. The molecule has 4 rings (SSSR count). The SMILES string of the molecule is CC(C)c1ccc(CC2OC2N2CCN(c3ccc(C#N)nn3)[C@@H](C)C2)s1. The lowest BCUT2D eigenvalue weighted by Crippen LogP contribution is -2.53. The maximum atomic E-state index is 8.87. The molecule has 3 atom stereocenters. The summed E-state index contributed by atoms with van der Waals surface area (Å²) >= 11 is 1.91. The topological polar surface area (TPSA) is 68.6 Å². The molecule has 0 aliphatic carbocycles. The van der Waals surface area contributed by atoms with Gasteiger partial charge in [0.1, 0.15) is 18.4 Å². The molecule has 7 heteroatoms. The first-order valence-corrected chi connectivity index (χ1v) is 10.4. The maximum absolute atomic E-state index is 8.87. The summed E-state index contributed by atoms with van der Waals surface area (Å²) in [6.45, 7) is 9.48. The van der Waals surface area contributed by atoms with Gasteiger partial charge in [0.25, 0.3) is 0 Å². The zero-order chi connectivity index (χ0) is 19.0. The molecule has 0 radical (unpaired) electrons. The van der Waals surface area contributed by atoms with Crippen LogP contribution in [0.25, 0.3) is 0 Å². The van der Waals surface area contributed by atoms with E-state index in [1.165, 1.54) is 9.75 Å². The van der Waals surface area contributed by atoms with Crippen LogP contribution in [0.15, 0.2) is 24.3 Å². The van der Waals surface area contributed by atoms with Crippen molar-refractivity contribution in [1.82, 2.24) is 15.1 Å². The van der Waals surface area contributed by atoms with Crippen molar-refractivity contribution in [3.05, 3.63) is 39.7 Å². The lowest BCUT2D eigenvalue weighted by atomic mass is 10.1. The summed E-state index contributed by atoms with van der Waals surface area (Å²) in [5.41, 5.74) is 0.355. The van der Waals surface area contributed by atoms with Crippen LogP contribution in [0.3, 0.4) is 0 Å². The predicted molar refractivity (Wildman–Crippen MR) is 106 cm³/mol. The summed E-state index contributed by atoms with van der Waals surface area (Å²) in [6, 6.07) is 10.5. The van der Waals surface area contributed by atoms with Crippen LogP contribution in [0.2, 0.25) is 0 Å². The third kappa shape index (κ3) is 3.98. The molecule has 0 N–H and O–H groups in total. The fourth-order valence-corrected chi connectivity index (χ4v) is 4.77. The molecule has 27 heavy (non-hydrogen) atoms. The molecular formula is C20H25N5OS. The van der Waals surface area contributed by atoms with Gasteiger partial charge in [0.2, 0.25) is 0 Å². The number of ether oxygens (including phenoxy) is 1. The van der Waals surface area contributed by atoms with Crippen LogP contribution in [0, 0.1) is 11.3 Å². The highest BCUT2D eigenvalue weighted by atomic mass is 32.1. The number of piperazine rings is 1. The minimum Gasteiger partial charge on any atom is -0.353 e. The first-order chi connectivity index (χ1) is 13.0. The van der Waals surface area contributed by atoms with Gasteiger partial charge in [-0.15, -0.1) is 21.5 Å². The lowest BCUT2D eigenvalue weighted by molar-refractivity contribution is 0.149. The number of hydrogen-bond donors (Lipinski definition) is 0. The van der Waals surface area contributed by atoms with Crippen LogP contribution in [0.4, 0.5) is 5.82 Å². The smallest absolute Gasteiger partial charge is 0.163 e. The molecular weight excluding hydrogens is 358 g/mol. The Balaban J connectivity index is 1.31. The van der Waals surface area contributed by atoms with E-state index in [4.69, 9.17) is 10.00 Å². The Morgan fingerprint density at radius 1 is 1.26 bits per heavy atom. The first-order valence-electron chi connectivity index (χ1n) is 9.53. The minimum absolute atomic E-state index is 0.242. The Morgan fingerprint density at radius 2 is 2.11 bits per heavy atom. The van der Waals surface area contributed by atoms with Crippen LogP contribution in [0.1, 0.15) is 42.1 Å². The monoisotopic (exact) mass is 383 g/mol. The molecule has 0 saturated carbocycles. The number of aromatic nitrogens is 2. The van der Waals surface area contributed by atoms with Gasteiger partial charge in [-0.2, -0.15) is 5.26 Å². The average Bonchev–Trinajstić information content (AvgIpc) is 3.27. The van der Waals surface area contributed by atoms with Gasteiger partial charge < -0.3 is 9.64 Å². The highest BCUT2D eigenvalue weighted by Gasteiger charge is 2.45. The van der Waals surface area contributed by atoms with E-state index in [1.54, 1.807) is 6.07 Å². The van der Waals surface area contributed by atoms with Crippen LogP contribution >= 0.6 is 11.3 Å². The second kappa shape index (κ2) is 7.55. The number of rotatable bonds is 5. The average molecular weight is 384 g/mol. The molecule has 2 aromatic rings. The number of nitrogens with zero attached hydrogens (tertiary/aromatic N) is 5. The van der Waals surface area contributed by atoms with E-state index < -0.39 is 0 Å². The number of nitriles is 1. The standard InChI is InChI=1S/C20H25N5OS/c1-13(2)18-6-5-16(27-18)10-17-20(26-17)24-8-9-25(14(3)12-24)19-7-4-15(11-21)22-23-19/h4-7,13-14,17,20H,8-10,12H2,1-3H3/t14-,17?,20?/m0/s1. The Morgan fingerprint density at radius 3 is 2.74 bits per heavy atom. The van der Waals surface area contributed by atoms with Crippen molar-refractivity contribution in [2.75, 3.05) is 24.5 Å². The third-order valence-electron chi connectivity index (χ3n) is 5.29. The molecule has 142 valence electrons. The van der Waals surface area contributed by atoms with Crippen molar-refractivity contribution in [3.8, 4) is 6.07 Å². The van der Waals surface area contributed by atoms with Gasteiger partial charge in [0.05, 0.1) is 0 Å². The Hall–Kier alpha value is -2.01. The molecule has 2 saturated heterocycles. The Kier molecular flexibility index (Phi) is 5.13. The first kappa shape index (κ1) is 18.4. The van der Waals surface area contributed by atoms with Crippen molar-refractivity contribution in [1.29, 1.82) is 5.26 Å². The fraction of sp³-hybridized carbons (Fsp3) is 0.550. The largest absolute Gasteiger partial charge is 0.353 e. The number of hydrogen-bond acceptors (Lipinski definition) is 7. The molecule has 6 nitrogen and oxygen atoms in total. The van der Waals surface area contributed by atoms with E-state index in [9.17, 15) is 0 Å². The van der Waals surface area contributed by atoms with Gasteiger partial charge in [0, 0.05) is 41.9 Å². The molecule has 2 aliphatic heterocycles. The molecule has 0 aromatic carbocycles. The van der Waals surface area contributed by atoms with Gasteiger partial charge in [-0.25, -0.2) is 0 Å². The summed E-state index contributed by atoms with van der Waals surface area (Å²) in [6.07, 6.45) is 1.57. The summed E-state index contributed by atoms with van der Waals surface area (Å²) in [7, 11) is 0. The van der Waals surface area contributed by atoms with Crippen LogP contribution in [-0.4, -0.2) is 53.1 Å². The third-order valence-corrected chi connectivity index (χ3v) is 6.70. The van der Waals surface area contributed by atoms with Crippen LogP contribution < -0.4 is 4.90 Å². The van der Waals surface area contributed by atoms with Crippen molar-refractivity contribution in [3.63, 3.8) is 0 Å². The molecule has 0 spiro atoms. The molecule has 2 aromatic heterocycles. The Bertz CT molecular complexity index is 828. The second-order valence-corrected chi connectivity index (χ2v) is 8.85. The van der Waals surface area contributed by atoms with Gasteiger partial charge in [-0.1, -0.05) is 13.8 Å². The predicted octanol–water partition coefficient (Wildman–Crippen LogP) is 3.01. The normalized spacial score (nSPS) is 25.6. The van der Waals surface area contributed by atoms with Gasteiger partial charge >= 0.3 is 0 Å². The van der Waals surface area contributed by atoms with Crippen LogP contribution in [-0.2, 0) is 11.2 Å². The number of epoxide rings is 1. The maximum Gasteiger partial charge on any atom is 0.163 e. The molecule has 2 aliphatic rings. The highest BCUT2D eigenvalue weighted by molar-refractivity contribution is 7.12. The summed E-state index contributed by atoms with van der Waals surface area (Å²) in [5, 5.41) is 17.0. The molecule has 2 fully saturated rings. The summed E-state index contributed by atoms with van der Waals surface area (Å²) in [4.78, 5) is 7.58. The van der Waals surface area contributed by atoms with E-state index in [1.807, 2.05) is 23.5 Å². The quantitative estimate of drug-likeness (QED) is 0.740. The van der Waals surface area contributed by atoms with Crippen molar-refractivity contribution in [2.24, 2.45) is 0 Å². The number of thiophene rings is 1. The van der Waals surface area contributed by atoms with Crippen molar-refractivity contribution in [2.45, 2.75) is 51.5 Å². The summed E-state index contributed by atoms with van der Waals surface area (Å²) in [5.74, 6) is 1.44. The molecule has 0 amide bonds. The summed E-state index contributed by atoms with van der Waals surface area (Å²) < 4.78 is 6.00. The van der Waals surface area contributed by atoms with E-state index in [0.717, 1.165) is 31.9 Å². The zero-order valence-corrected chi connectivity index (χ0v) is 16.8. The van der Waals surface area contributed by atoms with Gasteiger partial charge in [0.15, 0.2) is 11.5 Å². The van der Waals surface area contributed by atoms with E-state index >= 15 is 0 Å². The highest BCUT2D eigenvalue weighted by Crippen LogP contribution is 2.34. The van der Waals surface area contributed by atoms with Crippen molar-refractivity contribution < 1.29 is 4.74 Å². The van der Waals surface area contributed by atoms with E-state index in [2.05, 4.69) is 52.9 Å². The molecule has 4 heterocycles. The van der Waals surface area contributed by atoms with Crippen LogP contribution in [0.5, 0.6) is 0 Å². The minimum atomic E-state index is 0.242. The van der Waals surface area contributed by atoms with E-state index in [0.29, 0.717) is 23.8 Å². The second-order valence-electron chi connectivity index (χ2n) is 7.65. The van der Waals surface area contributed by atoms with E-state index in [-0.39, 0.29) is 6.23 Å². The van der Waals surface area contributed by atoms with Gasteiger partial charge in [-0.05, 0) is 37.1 Å². The van der Waals surface area contributed by atoms with Crippen molar-refractivity contribution >= 4 is 17.2 Å².